The quantitative estimate of drug-likeness (QED) is 0.783. The highest BCUT2D eigenvalue weighted by Gasteiger charge is 2.28. The van der Waals surface area contributed by atoms with Crippen LogP contribution in [0.15, 0.2) is 0 Å². The number of rotatable bonds is 3. The van der Waals surface area contributed by atoms with Crippen LogP contribution in [0.3, 0.4) is 0 Å². The maximum atomic E-state index is 3.46. The van der Waals surface area contributed by atoms with Crippen LogP contribution in [0.2, 0.25) is 0 Å². The van der Waals surface area contributed by atoms with Crippen LogP contribution in [0.25, 0.3) is 0 Å². The van der Waals surface area contributed by atoms with Gasteiger partial charge in [-0.3, -0.25) is 4.90 Å². The summed E-state index contributed by atoms with van der Waals surface area (Å²) in [4.78, 5) is 5.04. The number of piperazine rings is 1. The number of nitrogens with one attached hydrogen (secondary N) is 1. The van der Waals surface area contributed by atoms with Gasteiger partial charge in [-0.1, -0.05) is 20.8 Å². The number of nitrogens with zero attached hydrogens (tertiary/aromatic N) is 2. The van der Waals surface area contributed by atoms with Gasteiger partial charge in [0, 0.05) is 38.3 Å². The van der Waals surface area contributed by atoms with Gasteiger partial charge in [0.15, 0.2) is 0 Å². The van der Waals surface area contributed by atoms with Crippen LogP contribution in [0.4, 0.5) is 0 Å². The lowest BCUT2D eigenvalue weighted by Crippen LogP contribution is -2.55. The molecule has 0 radical (unpaired) electrons. The van der Waals surface area contributed by atoms with Crippen LogP contribution in [-0.4, -0.2) is 62.2 Å². The molecule has 0 aromatic carbocycles. The molecular formula is C13H29N3. The molecule has 1 aliphatic rings. The molecule has 2 unspecified atom stereocenters. The van der Waals surface area contributed by atoms with Gasteiger partial charge in [0.2, 0.25) is 0 Å². The maximum Gasteiger partial charge on any atom is 0.0240 e. The van der Waals surface area contributed by atoms with Crippen molar-refractivity contribution in [1.29, 1.82) is 0 Å². The summed E-state index contributed by atoms with van der Waals surface area (Å²) < 4.78 is 0. The third-order valence-electron chi connectivity index (χ3n) is 3.88. The summed E-state index contributed by atoms with van der Waals surface area (Å²) in [5.41, 5.74) is 0.335. The van der Waals surface area contributed by atoms with Gasteiger partial charge >= 0.3 is 0 Å². The zero-order chi connectivity index (χ0) is 12.3. The number of hydrogen-bond donors (Lipinski definition) is 1. The van der Waals surface area contributed by atoms with Crippen molar-refractivity contribution < 1.29 is 0 Å². The van der Waals surface area contributed by atoms with E-state index in [2.05, 4.69) is 56.9 Å². The van der Waals surface area contributed by atoms with Gasteiger partial charge in [-0.15, -0.1) is 0 Å². The Morgan fingerprint density at radius 1 is 1.31 bits per heavy atom. The third kappa shape index (κ3) is 3.72. The molecular weight excluding hydrogens is 198 g/mol. The first-order valence-corrected chi connectivity index (χ1v) is 6.44. The lowest BCUT2D eigenvalue weighted by molar-refractivity contribution is 0.0826. The molecule has 2 atom stereocenters. The Hall–Kier alpha value is -0.120. The fourth-order valence-corrected chi connectivity index (χ4v) is 2.35. The third-order valence-corrected chi connectivity index (χ3v) is 3.88. The molecule has 0 spiro atoms. The molecule has 0 aromatic heterocycles. The molecule has 0 bridgehead atoms. The zero-order valence-electron chi connectivity index (χ0n) is 11.9. The highest BCUT2D eigenvalue weighted by molar-refractivity contribution is 4.85. The van der Waals surface area contributed by atoms with Crippen LogP contribution >= 0.6 is 0 Å². The maximum absolute atomic E-state index is 3.46. The monoisotopic (exact) mass is 227 g/mol. The van der Waals surface area contributed by atoms with Crippen LogP contribution in [0.1, 0.15) is 27.7 Å². The summed E-state index contributed by atoms with van der Waals surface area (Å²) in [6.07, 6.45) is 0. The standard InChI is InChI=1S/C13H29N3/c1-11-9-16(8-7-15(11)6)10-12(14-5)13(2,3)4/h11-12,14H,7-10H2,1-6H3. The minimum absolute atomic E-state index is 0.335. The lowest BCUT2D eigenvalue weighted by Gasteiger charge is -2.41. The van der Waals surface area contributed by atoms with E-state index in [0.717, 1.165) is 6.54 Å². The summed E-state index contributed by atoms with van der Waals surface area (Å²) in [5, 5.41) is 3.46. The minimum atomic E-state index is 0.335. The van der Waals surface area contributed by atoms with Gasteiger partial charge in [-0.25, -0.2) is 0 Å². The van der Waals surface area contributed by atoms with Crippen LogP contribution < -0.4 is 5.32 Å². The van der Waals surface area contributed by atoms with Crippen molar-refractivity contribution in [3.05, 3.63) is 0 Å². The molecule has 1 aliphatic heterocycles. The van der Waals surface area contributed by atoms with E-state index in [9.17, 15) is 0 Å². The van der Waals surface area contributed by atoms with E-state index < -0.39 is 0 Å². The average Bonchev–Trinajstić information content (AvgIpc) is 2.18. The van der Waals surface area contributed by atoms with E-state index in [1.807, 2.05) is 0 Å². The topological polar surface area (TPSA) is 18.5 Å². The normalized spacial score (nSPS) is 27.0. The largest absolute Gasteiger partial charge is 0.315 e. The predicted molar refractivity (Wildman–Crippen MR) is 70.8 cm³/mol. The molecule has 3 nitrogen and oxygen atoms in total. The Balaban J connectivity index is 2.47. The summed E-state index contributed by atoms with van der Waals surface area (Å²) >= 11 is 0. The first-order valence-electron chi connectivity index (χ1n) is 6.44. The molecule has 0 aromatic rings. The van der Waals surface area contributed by atoms with Gasteiger partial charge in [-0.05, 0) is 26.4 Å². The van der Waals surface area contributed by atoms with Crippen molar-refractivity contribution in [2.45, 2.75) is 39.8 Å². The first-order chi connectivity index (χ1) is 7.34. The molecule has 16 heavy (non-hydrogen) atoms. The van der Waals surface area contributed by atoms with Crippen LogP contribution in [-0.2, 0) is 0 Å². The predicted octanol–water partition coefficient (Wildman–Crippen LogP) is 1.26. The Kier molecular flexibility index (Phi) is 4.77. The van der Waals surface area contributed by atoms with Crippen molar-refractivity contribution in [1.82, 2.24) is 15.1 Å². The fraction of sp³-hybridized carbons (Fsp3) is 1.00. The summed E-state index contributed by atoms with van der Waals surface area (Å²) in [7, 11) is 4.30. The van der Waals surface area contributed by atoms with Crippen LogP contribution in [0, 0.1) is 5.41 Å². The second-order valence-electron chi connectivity index (χ2n) is 6.30. The molecule has 0 amide bonds. The van der Waals surface area contributed by atoms with Crippen molar-refractivity contribution >= 4 is 0 Å². The first kappa shape index (κ1) is 13.9. The van der Waals surface area contributed by atoms with Crippen molar-refractivity contribution in [3.8, 4) is 0 Å². The fourth-order valence-electron chi connectivity index (χ4n) is 2.35. The molecule has 1 heterocycles. The number of likely N-dealkylation sites (N-methyl/N-ethyl adjacent to an activating group) is 2. The molecule has 0 aliphatic carbocycles. The van der Waals surface area contributed by atoms with E-state index in [1.54, 1.807) is 0 Å². The van der Waals surface area contributed by atoms with E-state index in [0.29, 0.717) is 17.5 Å². The van der Waals surface area contributed by atoms with Gasteiger partial charge in [0.1, 0.15) is 0 Å². The van der Waals surface area contributed by atoms with E-state index >= 15 is 0 Å². The molecule has 3 heteroatoms. The summed E-state index contributed by atoms with van der Waals surface area (Å²) in [6.45, 7) is 14.0. The van der Waals surface area contributed by atoms with E-state index in [1.165, 1.54) is 19.6 Å². The zero-order valence-corrected chi connectivity index (χ0v) is 11.9. The Morgan fingerprint density at radius 2 is 1.94 bits per heavy atom. The van der Waals surface area contributed by atoms with Gasteiger partial charge < -0.3 is 10.2 Å². The van der Waals surface area contributed by atoms with Crippen molar-refractivity contribution in [3.63, 3.8) is 0 Å². The van der Waals surface area contributed by atoms with Gasteiger partial charge in [0.25, 0.3) is 0 Å². The van der Waals surface area contributed by atoms with Gasteiger partial charge in [-0.2, -0.15) is 0 Å². The summed E-state index contributed by atoms with van der Waals surface area (Å²) in [6, 6.07) is 1.26. The minimum Gasteiger partial charge on any atom is -0.315 e. The second kappa shape index (κ2) is 5.48. The van der Waals surface area contributed by atoms with Crippen LogP contribution in [0.5, 0.6) is 0 Å². The molecule has 1 saturated heterocycles. The molecule has 1 rings (SSSR count). The van der Waals surface area contributed by atoms with Crippen molar-refractivity contribution in [2.24, 2.45) is 5.41 Å². The number of hydrogen-bond acceptors (Lipinski definition) is 3. The molecule has 1 N–H and O–H groups in total. The summed E-state index contributed by atoms with van der Waals surface area (Å²) in [5.74, 6) is 0. The van der Waals surface area contributed by atoms with E-state index in [4.69, 9.17) is 0 Å². The molecule has 96 valence electrons. The molecule has 1 fully saturated rings. The Morgan fingerprint density at radius 3 is 2.38 bits per heavy atom. The van der Waals surface area contributed by atoms with E-state index in [-0.39, 0.29) is 0 Å². The Labute approximate surface area is 101 Å². The lowest BCUT2D eigenvalue weighted by atomic mass is 9.86. The SMILES string of the molecule is CNC(CN1CCN(C)C(C)C1)C(C)(C)C. The smallest absolute Gasteiger partial charge is 0.0240 e. The second-order valence-corrected chi connectivity index (χ2v) is 6.30. The highest BCUT2D eigenvalue weighted by Crippen LogP contribution is 2.20. The molecule has 0 saturated carbocycles. The average molecular weight is 227 g/mol. The van der Waals surface area contributed by atoms with Crippen molar-refractivity contribution in [2.75, 3.05) is 40.3 Å². The van der Waals surface area contributed by atoms with Gasteiger partial charge in [0.05, 0.1) is 0 Å². The highest BCUT2D eigenvalue weighted by atomic mass is 15.3. The Bertz CT molecular complexity index is 210.